The summed E-state index contributed by atoms with van der Waals surface area (Å²) in [5, 5.41) is 62.4. The van der Waals surface area contributed by atoms with E-state index in [-0.39, 0.29) is 34.8 Å². The summed E-state index contributed by atoms with van der Waals surface area (Å²) in [4.78, 5) is 0. The van der Waals surface area contributed by atoms with Crippen LogP contribution in [-0.2, 0) is 19.6 Å². The van der Waals surface area contributed by atoms with E-state index in [0.29, 0.717) is 61.9 Å². The minimum atomic E-state index is -0.0597. The highest BCUT2D eigenvalue weighted by Gasteiger charge is 2.85. The molecule has 0 amide bonds. The van der Waals surface area contributed by atoms with Crippen LogP contribution in [0.15, 0.2) is 11.1 Å². The molecule has 338 valence electrons. The Morgan fingerprint density at radius 3 is 1.31 bits per heavy atom. The van der Waals surface area contributed by atoms with Crippen LogP contribution in [0.4, 0.5) is 0 Å². The fraction of sp³-hybridized carbons (Fsp3) is 0.257. The van der Waals surface area contributed by atoms with Crippen molar-refractivity contribution in [3.05, 3.63) is 77.9 Å². The monoisotopic (exact) mass is 1060 g/mol. The van der Waals surface area contributed by atoms with Gasteiger partial charge in [0.05, 0.1) is 64.0 Å². The van der Waals surface area contributed by atoms with Crippen LogP contribution in [0.25, 0.3) is 205 Å². The van der Waals surface area contributed by atoms with Crippen LogP contribution in [0.1, 0.15) is 102 Å². The highest BCUT2D eigenvalue weighted by atomic mass is 127. The van der Waals surface area contributed by atoms with Crippen molar-refractivity contribution in [1.82, 2.24) is 0 Å². The molecule has 1 heterocycles. The second kappa shape index (κ2) is 7.81. The maximum Gasteiger partial charge on any atom is 0.102 e. The average Bonchev–Trinajstić information content (AvgIpc) is 2.46. The molecule has 5 heteroatoms. The maximum absolute atomic E-state index is 6.70. The standard InChI is InChI=1S/C70H28NO3.HI/c1-71(3-4-73-7-8-74-6-5-72-2)9-69-65-57-49-39-29-21-13-11-12-15-19-17(13)25-33-27(19)37-31-23(15)24-16(12)20-18-14(11)22(21)30-36-26(18)34-28(20)38-32(24)42-41(31)51-45(37)55-47(33)53(43(49)35(25)29)61(65)63(55)67-59(51)60-52(42)46(38)56-48(34)54-44(36)50(40(30)39)58(57)66(69)62(54)64(56)68(60)70(67,69)10-71;/h43,51,53,59,62,66H,3-10H2,1-2H3;1H/q+1;/p-1. The molecule has 1 saturated heterocycles. The Bertz CT molecular complexity index is 6630. The molecule has 0 aromatic heterocycles. The lowest BCUT2D eigenvalue weighted by Gasteiger charge is -2.56. The number of likely N-dealkylation sites (N-methyl/N-ethyl adjacent to an activating group) is 1. The molecular formula is C70H28INO3. The highest BCUT2D eigenvalue weighted by Crippen LogP contribution is 2.94. The zero-order valence-electron chi connectivity index (χ0n) is 40.2. The molecule has 9 unspecified atom stereocenters. The molecule has 4 nitrogen and oxygen atoms in total. The first kappa shape index (κ1) is 32.4. The molecule has 13 aliphatic carbocycles. The molecule has 0 N–H and O–H groups in total. The maximum atomic E-state index is 6.70. The third kappa shape index (κ3) is 1.93. The van der Waals surface area contributed by atoms with Gasteiger partial charge in [-0.2, -0.15) is 0 Å². The fourth-order valence-electron chi connectivity index (χ4n) is 28.2. The summed E-state index contributed by atoms with van der Waals surface area (Å²) in [6, 6.07) is 0. The molecule has 19 aromatic carbocycles. The van der Waals surface area contributed by atoms with Gasteiger partial charge in [0.2, 0.25) is 0 Å². The largest absolute Gasteiger partial charge is 1.00 e. The molecule has 19 aromatic rings. The van der Waals surface area contributed by atoms with Crippen molar-refractivity contribution in [3.8, 4) is 0 Å². The predicted molar refractivity (Wildman–Crippen MR) is 295 cm³/mol. The Kier molecular flexibility index (Phi) is 3.38. The smallest absolute Gasteiger partial charge is 0.102 e. The Labute approximate surface area is 435 Å². The van der Waals surface area contributed by atoms with Gasteiger partial charge >= 0.3 is 0 Å². The van der Waals surface area contributed by atoms with Crippen molar-refractivity contribution in [2.24, 2.45) is 5.41 Å². The lowest BCUT2D eigenvalue weighted by atomic mass is 9.43. The Balaban J connectivity index is 0.00000345. The number of likely N-dealkylation sites (tertiary alicyclic amines) is 1. The van der Waals surface area contributed by atoms with Gasteiger partial charge in [-0.3, -0.25) is 0 Å². The number of nitrogens with zero attached hydrogens (tertiary/aromatic N) is 1. The van der Waals surface area contributed by atoms with Crippen molar-refractivity contribution in [2.45, 2.75) is 40.9 Å². The second-order valence-corrected chi connectivity index (χ2v) is 28.5. The summed E-state index contributed by atoms with van der Waals surface area (Å²) in [6.45, 7) is 6.81. The van der Waals surface area contributed by atoms with Gasteiger partial charge in [0.15, 0.2) is 0 Å². The minimum Gasteiger partial charge on any atom is -1.00 e. The SMILES string of the molecule is COCCOCCOCC[N+]1(C)CC23C4=C5C6=C7c8c9c%10c%11c%12c%13c%14c(c2c2c%15c%16c%17c%18c%19c(c5c5c%20c%21c%22c%23c(c8C%22C65)c%10c5c%11c6c%13c8c(c%15%14)c%16c%10c%18c%11c(c%20%19)c%21c%13c%23c5c5c%13c%11c%10c8c65)C%17C42)C%12C9C73C1.[I-]. The summed E-state index contributed by atoms with van der Waals surface area (Å²) >= 11 is 0. The third-order valence-corrected chi connectivity index (χ3v) is 28.0. The van der Waals surface area contributed by atoms with Gasteiger partial charge in [-0.15, -0.1) is 0 Å². The molecule has 0 saturated carbocycles. The highest BCUT2D eigenvalue weighted by molar-refractivity contribution is 6.75. The number of quaternary nitrogens is 1. The molecule has 14 aliphatic rings. The Morgan fingerprint density at radius 1 is 0.387 bits per heavy atom. The molecule has 0 bridgehead atoms. The number of benzene rings is 13. The van der Waals surface area contributed by atoms with Gasteiger partial charge in [-0.25, -0.2) is 0 Å². The van der Waals surface area contributed by atoms with E-state index in [1.807, 2.05) is 89.1 Å². The Morgan fingerprint density at radius 2 is 0.773 bits per heavy atom. The van der Waals surface area contributed by atoms with Crippen LogP contribution in [-0.4, -0.2) is 71.3 Å². The van der Waals surface area contributed by atoms with Crippen LogP contribution in [0.5, 0.6) is 0 Å². The van der Waals surface area contributed by atoms with E-state index in [1.165, 1.54) is 13.1 Å². The van der Waals surface area contributed by atoms with E-state index < -0.39 is 0 Å². The number of hydrogen-bond donors (Lipinski definition) is 0. The van der Waals surface area contributed by atoms with Crippen molar-refractivity contribution in [1.29, 1.82) is 0 Å². The Hall–Kier alpha value is -6.19. The van der Waals surface area contributed by atoms with Gasteiger partial charge in [0.25, 0.3) is 0 Å². The predicted octanol–water partition coefficient (Wildman–Crippen LogP) is 11.6. The minimum absolute atomic E-state index is 0. The van der Waals surface area contributed by atoms with Crippen molar-refractivity contribution in [2.75, 3.05) is 66.8 Å². The molecule has 75 heavy (non-hydrogen) atoms. The average molecular weight is 1060 g/mol. The molecule has 1 aliphatic heterocycles. The number of ether oxygens (including phenoxy) is 3. The fourth-order valence-corrected chi connectivity index (χ4v) is 28.2. The molecule has 2 spiro atoms. The molecule has 33 rings (SSSR count). The van der Waals surface area contributed by atoms with Crippen molar-refractivity contribution >= 4 is 205 Å². The molecule has 1 fully saturated rings. The number of rotatable bonds is 9. The van der Waals surface area contributed by atoms with E-state index in [9.17, 15) is 0 Å². The number of allylic oxidation sites excluding steroid dienone is 2. The zero-order valence-corrected chi connectivity index (χ0v) is 42.3. The van der Waals surface area contributed by atoms with E-state index in [0.717, 1.165) is 17.6 Å². The number of hydrogen-bond acceptors (Lipinski definition) is 3. The molecule has 0 radical (unpaired) electrons. The number of methoxy groups -OCH3 is 1. The van der Waals surface area contributed by atoms with Crippen LogP contribution in [0.2, 0.25) is 0 Å². The van der Waals surface area contributed by atoms with Gasteiger partial charge in [-0.1, -0.05) is 0 Å². The summed E-state index contributed by atoms with van der Waals surface area (Å²) in [5.41, 5.74) is 29.8. The van der Waals surface area contributed by atoms with Crippen LogP contribution in [0.3, 0.4) is 0 Å². The number of halogens is 1. The first-order valence-electron chi connectivity index (χ1n) is 28.7. The van der Waals surface area contributed by atoms with Gasteiger partial charge in [0, 0.05) is 42.6 Å². The second-order valence-electron chi connectivity index (χ2n) is 28.5. The quantitative estimate of drug-likeness (QED) is 0.0624. The zero-order chi connectivity index (χ0) is 44.8. The first-order valence-corrected chi connectivity index (χ1v) is 28.7. The lowest BCUT2D eigenvalue weighted by Crippen LogP contribution is -3.00. The van der Waals surface area contributed by atoms with Gasteiger partial charge in [0.1, 0.15) is 6.54 Å². The van der Waals surface area contributed by atoms with Crippen LogP contribution < -0.4 is 24.0 Å². The normalized spacial score (nSPS) is 31.9. The van der Waals surface area contributed by atoms with E-state index in [1.54, 1.807) is 201 Å². The van der Waals surface area contributed by atoms with E-state index in [2.05, 4.69) is 7.05 Å². The van der Waals surface area contributed by atoms with Crippen molar-refractivity contribution < 1.29 is 42.7 Å². The van der Waals surface area contributed by atoms with Gasteiger partial charge < -0.3 is 42.7 Å². The summed E-state index contributed by atoms with van der Waals surface area (Å²) in [7, 11) is 4.49. The van der Waals surface area contributed by atoms with Crippen LogP contribution >= 0.6 is 0 Å². The van der Waals surface area contributed by atoms with E-state index >= 15 is 0 Å². The van der Waals surface area contributed by atoms with Crippen molar-refractivity contribution in [3.63, 3.8) is 0 Å². The molecular weight excluding hydrogens is 1030 g/mol. The van der Waals surface area contributed by atoms with E-state index in [4.69, 9.17) is 14.2 Å². The van der Waals surface area contributed by atoms with Crippen LogP contribution in [0, 0.1) is 5.41 Å². The lowest BCUT2D eigenvalue weighted by molar-refractivity contribution is -0.901. The first-order chi connectivity index (χ1) is 36.7. The third-order valence-electron chi connectivity index (χ3n) is 28.0. The summed E-state index contributed by atoms with van der Waals surface area (Å²) < 4.78 is 19.1. The van der Waals surface area contributed by atoms with Gasteiger partial charge in [-0.05, 0) is 283 Å². The topological polar surface area (TPSA) is 27.7 Å². The molecule has 9 atom stereocenters. The summed E-state index contributed by atoms with van der Waals surface area (Å²) in [5.74, 6) is 2.56. The summed E-state index contributed by atoms with van der Waals surface area (Å²) in [6.07, 6.45) is 0.